The average Bonchev–Trinajstić information content (AvgIpc) is 2.23. The molecule has 0 heterocycles. The number of nitrogens with zero attached hydrogens (tertiary/aromatic N) is 1. The molecule has 1 aliphatic carbocycles. The number of benzene rings is 1. The van der Waals surface area contributed by atoms with E-state index in [9.17, 15) is 4.79 Å². The van der Waals surface area contributed by atoms with Crippen LogP contribution in [0.25, 0.3) is 0 Å². The van der Waals surface area contributed by atoms with Gasteiger partial charge in [-0.3, -0.25) is 4.79 Å². The summed E-state index contributed by atoms with van der Waals surface area (Å²) in [5.74, 6) is 0.878. The molecule has 1 fully saturated rings. The summed E-state index contributed by atoms with van der Waals surface area (Å²) in [7, 11) is 1.87. The van der Waals surface area contributed by atoms with Gasteiger partial charge in [-0.25, -0.2) is 0 Å². The summed E-state index contributed by atoms with van der Waals surface area (Å²) < 4.78 is 0. The number of nitrogens with two attached hydrogens (primary N) is 1. The first kappa shape index (κ1) is 12.0. The van der Waals surface area contributed by atoms with Crippen molar-refractivity contribution in [1.82, 2.24) is 4.90 Å². The van der Waals surface area contributed by atoms with Gasteiger partial charge in [-0.05, 0) is 36.5 Å². The fourth-order valence-electron chi connectivity index (χ4n) is 2.15. The van der Waals surface area contributed by atoms with Gasteiger partial charge < -0.3 is 10.6 Å². The van der Waals surface area contributed by atoms with Crippen molar-refractivity contribution in [2.75, 3.05) is 12.8 Å². The zero-order valence-corrected chi connectivity index (χ0v) is 10.4. The second kappa shape index (κ2) is 5.21. The normalized spacial score (nSPS) is 15.4. The van der Waals surface area contributed by atoms with Crippen LogP contribution in [-0.2, 0) is 11.3 Å². The first-order valence-electron chi connectivity index (χ1n) is 6.23. The van der Waals surface area contributed by atoms with E-state index in [-0.39, 0.29) is 5.91 Å². The summed E-state index contributed by atoms with van der Waals surface area (Å²) >= 11 is 0. The second-order valence-corrected chi connectivity index (χ2v) is 5.00. The first-order valence-corrected chi connectivity index (χ1v) is 6.23. The van der Waals surface area contributed by atoms with E-state index < -0.39 is 0 Å². The van der Waals surface area contributed by atoms with Gasteiger partial charge in [-0.2, -0.15) is 0 Å². The molecule has 0 bridgehead atoms. The molecule has 0 spiro atoms. The molecular weight excluding hydrogens is 212 g/mol. The quantitative estimate of drug-likeness (QED) is 0.810. The van der Waals surface area contributed by atoms with Crippen LogP contribution in [0.3, 0.4) is 0 Å². The van der Waals surface area contributed by atoms with E-state index >= 15 is 0 Å². The van der Waals surface area contributed by atoms with E-state index in [1.807, 2.05) is 31.3 Å². The fraction of sp³-hybridized carbons (Fsp3) is 0.500. The molecule has 2 N–H and O–H groups in total. The van der Waals surface area contributed by atoms with Gasteiger partial charge >= 0.3 is 0 Å². The van der Waals surface area contributed by atoms with Crippen LogP contribution in [-0.4, -0.2) is 17.9 Å². The highest BCUT2D eigenvalue weighted by Crippen LogP contribution is 2.29. The monoisotopic (exact) mass is 232 g/mol. The lowest BCUT2D eigenvalue weighted by Crippen LogP contribution is -2.29. The van der Waals surface area contributed by atoms with Crippen molar-refractivity contribution in [2.24, 2.45) is 5.92 Å². The molecule has 3 nitrogen and oxygen atoms in total. The van der Waals surface area contributed by atoms with Gasteiger partial charge in [0.25, 0.3) is 0 Å². The lowest BCUT2D eigenvalue weighted by molar-refractivity contribution is -0.132. The fourth-order valence-corrected chi connectivity index (χ4v) is 2.15. The van der Waals surface area contributed by atoms with Crippen LogP contribution < -0.4 is 5.73 Å². The molecule has 1 saturated carbocycles. The van der Waals surface area contributed by atoms with E-state index in [0.717, 1.165) is 11.3 Å². The number of hydrogen-bond acceptors (Lipinski definition) is 2. The molecule has 0 atom stereocenters. The summed E-state index contributed by atoms with van der Waals surface area (Å²) in [6, 6.07) is 7.71. The zero-order chi connectivity index (χ0) is 12.3. The Bertz CT molecular complexity index is 399. The van der Waals surface area contributed by atoms with Gasteiger partial charge in [0.1, 0.15) is 0 Å². The van der Waals surface area contributed by atoms with Gasteiger partial charge in [0.15, 0.2) is 0 Å². The highest BCUT2D eigenvalue weighted by atomic mass is 16.2. The van der Waals surface area contributed by atoms with Crippen molar-refractivity contribution in [1.29, 1.82) is 0 Å². The van der Waals surface area contributed by atoms with E-state index in [1.165, 1.54) is 19.3 Å². The lowest BCUT2D eigenvalue weighted by atomic mass is 9.83. The third-order valence-electron chi connectivity index (χ3n) is 3.48. The van der Waals surface area contributed by atoms with Crippen molar-refractivity contribution in [2.45, 2.75) is 32.2 Å². The highest BCUT2D eigenvalue weighted by molar-refractivity contribution is 5.76. The van der Waals surface area contributed by atoms with Crippen molar-refractivity contribution < 1.29 is 4.79 Å². The van der Waals surface area contributed by atoms with Crippen LogP contribution >= 0.6 is 0 Å². The predicted octanol–water partition coefficient (Wildman–Crippen LogP) is 2.42. The number of hydrogen-bond donors (Lipinski definition) is 1. The Labute approximate surface area is 103 Å². The Kier molecular flexibility index (Phi) is 3.67. The molecule has 0 aliphatic heterocycles. The van der Waals surface area contributed by atoms with Crippen molar-refractivity contribution >= 4 is 11.6 Å². The summed E-state index contributed by atoms with van der Waals surface area (Å²) in [4.78, 5) is 13.7. The largest absolute Gasteiger partial charge is 0.399 e. The maximum absolute atomic E-state index is 11.9. The topological polar surface area (TPSA) is 46.3 Å². The minimum atomic E-state index is 0.247. The van der Waals surface area contributed by atoms with E-state index in [1.54, 1.807) is 4.90 Å². The minimum Gasteiger partial charge on any atom is -0.399 e. The van der Waals surface area contributed by atoms with Crippen LogP contribution in [0.15, 0.2) is 24.3 Å². The second-order valence-electron chi connectivity index (χ2n) is 5.00. The van der Waals surface area contributed by atoms with Crippen LogP contribution in [0.4, 0.5) is 5.69 Å². The van der Waals surface area contributed by atoms with Gasteiger partial charge in [0.2, 0.25) is 5.91 Å². The minimum absolute atomic E-state index is 0.247. The molecule has 17 heavy (non-hydrogen) atoms. The van der Waals surface area contributed by atoms with Crippen LogP contribution in [0.2, 0.25) is 0 Å². The molecule has 0 aromatic heterocycles. The van der Waals surface area contributed by atoms with Gasteiger partial charge in [0, 0.05) is 25.7 Å². The molecule has 3 heteroatoms. The van der Waals surface area contributed by atoms with Crippen LogP contribution in [0.5, 0.6) is 0 Å². The number of anilines is 1. The number of carbonyl (C=O) groups excluding carboxylic acids is 1. The highest BCUT2D eigenvalue weighted by Gasteiger charge is 2.22. The van der Waals surface area contributed by atoms with Crippen molar-refractivity contribution in [3.8, 4) is 0 Å². The molecule has 0 radical (unpaired) electrons. The predicted molar refractivity (Wildman–Crippen MR) is 69.3 cm³/mol. The summed E-state index contributed by atoms with van der Waals surface area (Å²) in [6.45, 7) is 0.649. The summed E-state index contributed by atoms with van der Waals surface area (Å²) in [5, 5.41) is 0. The number of amides is 1. The van der Waals surface area contributed by atoms with Crippen LogP contribution in [0.1, 0.15) is 31.2 Å². The molecule has 1 aromatic carbocycles. The third kappa shape index (κ3) is 3.22. The molecule has 2 rings (SSSR count). The van der Waals surface area contributed by atoms with Crippen molar-refractivity contribution in [3.05, 3.63) is 29.8 Å². The maximum atomic E-state index is 11.9. The number of nitrogen functional groups attached to an aromatic ring is 1. The summed E-state index contributed by atoms with van der Waals surface area (Å²) in [6.07, 6.45) is 4.44. The molecule has 0 unspecified atom stereocenters. The average molecular weight is 232 g/mol. The van der Waals surface area contributed by atoms with E-state index in [2.05, 4.69) is 0 Å². The van der Waals surface area contributed by atoms with Gasteiger partial charge in [0.05, 0.1) is 0 Å². The standard InChI is InChI=1S/C14H20N2O/c1-16(14(17)9-11-4-2-5-11)10-12-6-3-7-13(15)8-12/h3,6-8,11H,2,4-5,9-10,15H2,1H3. The van der Waals surface area contributed by atoms with Gasteiger partial charge in [-0.15, -0.1) is 0 Å². The smallest absolute Gasteiger partial charge is 0.222 e. The Hall–Kier alpha value is -1.51. The molecule has 1 amide bonds. The Balaban J connectivity index is 1.87. The molecule has 0 saturated heterocycles. The number of carbonyl (C=O) groups is 1. The molecule has 1 aliphatic rings. The van der Waals surface area contributed by atoms with Crippen molar-refractivity contribution in [3.63, 3.8) is 0 Å². The first-order chi connectivity index (χ1) is 8.15. The van der Waals surface area contributed by atoms with Crippen LogP contribution in [0, 0.1) is 5.92 Å². The maximum Gasteiger partial charge on any atom is 0.222 e. The Morgan fingerprint density at radius 2 is 2.24 bits per heavy atom. The third-order valence-corrected chi connectivity index (χ3v) is 3.48. The lowest BCUT2D eigenvalue weighted by Gasteiger charge is -2.27. The zero-order valence-electron chi connectivity index (χ0n) is 10.4. The van der Waals surface area contributed by atoms with E-state index in [4.69, 9.17) is 5.73 Å². The SMILES string of the molecule is CN(Cc1cccc(N)c1)C(=O)CC1CCC1. The Morgan fingerprint density at radius 1 is 1.47 bits per heavy atom. The molecular formula is C14H20N2O. The Morgan fingerprint density at radius 3 is 2.82 bits per heavy atom. The van der Waals surface area contributed by atoms with E-state index in [0.29, 0.717) is 18.9 Å². The molecule has 92 valence electrons. The number of rotatable bonds is 4. The van der Waals surface area contributed by atoms with Gasteiger partial charge in [-0.1, -0.05) is 18.6 Å². The summed E-state index contributed by atoms with van der Waals surface area (Å²) in [5.41, 5.74) is 7.56. The molecule has 1 aromatic rings.